The highest BCUT2D eigenvalue weighted by molar-refractivity contribution is 7.89. The highest BCUT2D eigenvalue weighted by atomic mass is 32.2. The maximum Gasteiger partial charge on any atom is 0.258 e. The molecule has 8 heteroatoms. The monoisotopic (exact) mass is 387 g/mol. The van der Waals surface area contributed by atoms with E-state index < -0.39 is 15.9 Å². The van der Waals surface area contributed by atoms with Crippen molar-refractivity contribution in [3.05, 3.63) is 59.7 Å². The molecule has 142 valence electrons. The molecule has 0 fully saturated rings. The molecule has 7 nitrogen and oxygen atoms in total. The minimum Gasteiger partial charge on any atom is -0.497 e. The first-order valence-corrected chi connectivity index (χ1v) is 9.66. The van der Waals surface area contributed by atoms with Gasteiger partial charge < -0.3 is 15.0 Å². The van der Waals surface area contributed by atoms with E-state index in [1.165, 1.54) is 18.4 Å². The van der Waals surface area contributed by atoms with Gasteiger partial charge in [0.05, 0.1) is 12.6 Å². The molecule has 3 rings (SSSR count). The summed E-state index contributed by atoms with van der Waals surface area (Å²) in [6.45, 7) is 0.318. The van der Waals surface area contributed by atoms with Gasteiger partial charge in [0.25, 0.3) is 10.0 Å². The first kappa shape index (κ1) is 18.9. The van der Waals surface area contributed by atoms with Crippen LogP contribution in [0.3, 0.4) is 0 Å². The van der Waals surface area contributed by atoms with Crippen LogP contribution in [0.25, 0.3) is 10.9 Å². The van der Waals surface area contributed by atoms with Crippen molar-refractivity contribution in [2.75, 3.05) is 21.2 Å². The highest BCUT2D eigenvalue weighted by Gasteiger charge is 2.24. The Bertz CT molecular complexity index is 1100. The molecule has 0 aliphatic carbocycles. The van der Waals surface area contributed by atoms with E-state index in [0.29, 0.717) is 28.8 Å². The zero-order valence-corrected chi connectivity index (χ0v) is 16.2. The van der Waals surface area contributed by atoms with Crippen LogP contribution in [0.1, 0.15) is 15.9 Å². The third-order valence-electron chi connectivity index (χ3n) is 4.40. The third-order valence-corrected chi connectivity index (χ3v) is 6.22. The number of rotatable bonds is 6. The second-order valence-corrected chi connectivity index (χ2v) is 8.44. The number of sulfonamides is 1. The van der Waals surface area contributed by atoms with Crippen LogP contribution >= 0.6 is 0 Å². The normalized spacial score (nSPS) is 11.9. The molecule has 0 radical (unpaired) electrons. The molecule has 1 amide bonds. The van der Waals surface area contributed by atoms with Crippen molar-refractivity contribution < 1.29 is 17.9 Å². The van der Waals surface area contributed by atoms with Gasteiger partial charge in [-0.05, 0) is 35.9 Å². The molecule has 1 heterocycles. The number of carbonyl (C=O) groups is 1. The number of nitrogens with two attached hydrogens (primary N) is 1. The minimum atomic E-state index is -3.68. The quantitative estimate of drug-likeness (QED) is 0.700. The van der Waals surface area contributed by atoms with E-state index in [2.05, 4.69) is 0 Å². The maximum atomic E-state index is 12.8. The molecule has 0 unspecified atom stereocenters. The van der Waals surface area contributed by atoms with Gasteiger partial charge in [-0.2, -0.15) is 0 Å². The van der Waals surface area contributed by atoms with Gasteiger partial charge in [-0.1, -0.05) is 18.2 Å². The molecule has 0 spiro atoms. The predicted octanol–water partition coefficient (Wildman–Crippen LogP) is 2.05. The van der Waals surface area contributed by atoms with E-state index in [-0.39, 0.29) is 5.03 Å². The van der Waals surface area contributed by atoms with Gasteiger partial charge in [0.2, 0.25) is 5.91 Å². The molecule has 0 saturated heterocycles. The number of fused-ring (bicyclic) bond motifs is 1. The summed E-state index contributed by atoms with van der Waals surface area (Å²) in [5, 5.41) is 0.869. The molecule has 0 atom stereocenters. The van der Waals surface area contributed by atoms with Gasteiger partial charge in [0, 0.05) is 31.6 Å². The molecule has 27 heavy (non-hydrogen) atoms. The number of methoxy groups -OCH3 is 1. The highest BCUT2D eigenvalue weighted by Crippen LogP contribution is 2.27. The fourth-order valence-electron chi connectivity index (χ4n) is 2.86. The van der Waals surface area contributed by atoms with Crippen LogP contribution in [0.15, 0.2) is 53.6 Å². The van der Waals surface area contributed by atoms with Crippen LogP contribution in [0.4, 0.5) is 0 Å². The third kappa shape index (κ3) is 3.54. The van der Waals surface area contributed by atoms with Crippen molar-refractivity contribution >= 4 is 26.8 Å². The Labute approximate surface area is 158 Å². The molecule has 0 aliphatic heterocycles. The topological polar surface area (TPSA) is 94.6 Å². The summed E-state index contributed by atoms with van der Waals surface area (Å²) in [7, 11) is 0.876. The Hall–Kier alpha value is -2.84. The van der Waals surface area contributed by atoms with Gasteiger partial charge >= 0.3 is 0 Å². The summed E-state index contributed by atoms with van der Waals surface area (Å²) in [5.41, 5.74) is 7.24. The first-order valence-electron chi connectivity index (χ1n) is 8.22. The molecule has 0 bridgehead atoms. The Kier molecular flexibility index (Phi) is 4.95. The largest absolute Gasteiger partial charge is 0.497 e. The van der Waals surface area contributed by atoms with Crippen molar-refractivity contribution in [1.29, 1.82) is 0 Å². The van der Waals surface area contributed by atoms with Crippen molar-refractivity contribution in [3.63, 3.8) is 0 Å². The van der Waals surface area contributed by atoms with Crippen molar-refractivity contribution in [3.8, 4) is 5.75 Å². The Morgan fingerprint density at radius 1 is 1.11 bits per heavy atom. The van der Waals surface area contributed by atoms with Gasteiger partial charge in [-0.3, -0.25) is 4.79 Å². The molecule has 0 aliphatic rings. The molecule has 1 aromatic heterocycles. The number of benzene rings is 2. The van der Waals surface area contributed by atoms with Crippen LogP contribution in [-0.2, 0) is 16.6 Å². The Balaban J connectivity index is 2.21. The maximum absolute atomic E-state index is 12.8. The SMILES string of the molecule is COc1ccc(Cn2c(S(=O)(=O)N(C)C)cc3ccc(C(N)=O)cc32)cc1. The lowest BCUT2D eigenvalue weighted by atomic mass is 10.1. The molecule has 2 aromatic carbocycles. The van der Waals surface area contributed by atoms with Crippen LogP contribution in [0, 0.1) is 0 Å². The second-order valence-electron chi connectivity index (χ2n) is 6.34. The average Bonchev–Trinajstić information content (AvgIpc) is 3.00. The summed E-state index contributed by atoms with van der Waals surface area (Å²) in [4.78, 5) is 11.6. The second kappa shape index (κ2) is 7.05. The molecule has 3 aromatic rings. The summed E-state index contributed by atoms with van der Waals surface area (Å²) >= 11 is 0. The van der Waals surface area contributed by atoms with Crippen LogP contribution in [-0.4, -0.2) is 44.4 Å². The van der Waals surface area contributed by atoms with Crippen molar-refractivity contribution in [1.82, 2.24) is 8.87 Å². The van der Waals surface area contributed by atoms with Gasteiger partial charge in [-0.15, -0.1) is 0 Å². The summed E-state index contributed by atoms with van der Waals surface area (Å²) in [6.07, 6.45) is 0. The van der Waals surface area contributed by atoms with Gasteiger partial charge in [-0.25, -0.2) is 12.7 Å². The molecule has 0 saturated carbocycles. The summed E-state index contributed by atoms with van der Waals surface area (Å²) in [5.74, 6) is 0.152. The number of hydrogen-bond donors (Lipinski definition) is 1. The van der Waals surface area contributed by atoms with E-state index in [1.54, 1.807) is 35.9 Å². The van der Waals surface area contributed by atoms with Gasteiger partial charge in [0.15, 0.2) is 5.03 Å². The van der Waals surface area contributed by atoms with Crippen LogP contribution in [0.5, 0.6) is 5.75 Å². The standard InChI is InChI=1S/C19H21N3O4S/c1-21(2)27(24,25)18-11-14-6-7-15(19(20)23)10-17(14)22(18)12-13-4-8-16(26-3)9-5-13/h4-11H,12H2,1-3H3,(H2,20,23). The van der Waals surface area contributed by atoms with E-state index in [4.69, 9.17) is 10.5 Å². The molecule has 2 N–H and O–H groups in total. The van der Waals surface area contributed by atoms with Crippen LogP contribution in [0.2, 0.25) is 0 Å². The average molecular weight is 387 g/mol. The van der Waals surface area contributed by atoms with Crippen LogP contribution < -0.4 is 10.5 Å². The number of primary amides is 1. The number of amides is 1. The van der Waals surface area contributed by atoms with E-state index in [9.17, 15) is 13.2 Å². The van der Waals surface area contributed by atoms with Gasteiger partial charge in [0.1, 0.15) is 5.75 Å². The summed E-state index contributed by atoms with van der Waals surface area (Å²) in [6, 6.07) is 13.9. The lowest BCUT2D eigenvalue weighted by Gasteiger charge is -2.15. The fraction of sp³-hybridized carbons (Fsp3) is 0.211. The zero-order valence-electron chi connectivity index (χ0n) is 15.3. The number of hydrogen-bond acceptors (Lipinski definition) is 4. The molecular weight excluding hydrogens is 366 g/mol. The number of aromatic nitrogens is 1. The first-order chi connectivity index (χ1) is 12.7. The van der Waals surface area contributed by atoms with E-state index in [0.717, 1.165) is 5.56 Å². The van der Waals surface area contributed by atoms with Crippen molar-refractivity contribution in [2.24, 2.45) is 5.73 Å². The van der Waals surface area contributed by atoms with Crippen molar-refractivity contribution in [2.45, 2.75) is 11.6 Å². The number of carbonyl (C=O) groups excluding carboxylic acids is 1. The smallest absolute Gasteiger partial charge is 0.258 e. The Morgan fingerprint density at radius 2 is 1.78 bits per heavy atom. The lowest BCUT2D eigenvalue weighted by molar-refractivity contribution is 0.100. The number of nitrogens with zero attached hydrogens (tertiary/aromatic N) is 2. The molecular formula is C19H21N3O4S. The van der Waals surface area contributed by atoms with E-state index >= 15 is 0 Å². The summed E-state index contributed by atoms with van der Waals surface area (Å²) < 4.78 is 33.7. The zero-order chi connectivity index (χ0) is 19.8. The predicted molar refractivity (Wildman–Crippen MR) is 103 cm³/mol. The number of ether oxygens (including phenoxy) is 1. The lowest BCUT2D eigenvalue weighted by Crippen LogP contribution is -2.25. The fourth-order valence-corrected chi connectivity index (χ4v) is 3.95. The van der Waals surface area contributed by atoms with E-state index in [1.807, 2.05) is 24.3 Å². The minimum absolute atomic E-state index is 0.153. The Morgan fingerprint density at radius 3 is 2.33 bits per heavy atom.